The molecule has 4 rings (SSSR count). The molecule has 8 heteroatoms. The Kier molecular flexibility index (Phi) is 6.48. The molecule has 6 nitrogen and oxygen atoms in total. The number of nitrogens with one attached hydrogen (secondary N) is 1. The highest BCUT2D eigenvalue weighted by Gasteiger charge is 2.20. The Hall–Kier alpha value is -2.90. The van der Waals surface area contributed by atoms with Crippen LogP contribution in [0.5, 0.6) is 0 Å². The Bertz CT molecular complexity index is 1260. The van der Waals surface area contributed by atoms with Crippen molar-refractivity contribution < 1.29 is 4.79 Å². The van der Waals surface area contributed by atoms with Crippen LogP contribution in [0.3, 0.4) is 0 Å². The van der Waals surface area contributed by atoms with Gasteiger partial charge in [0.1, 0.15) is 5.03 Å². The lowest BCUT2D eigenvalue weighted by atomic mass is 10.0. The van der Waals surface area contributed by atoms with Gasteiger partial charge in [0.15, 0.2) is 11.5 Å². The summed E-state index contributed by atoms with van der Waals surface area (Å²) in [7, 11) is 0. The Morgan fingerprint density at radius 3 is 2.53 bits per heavy atom. The molecule has 0 saturated heterocycles. The predicted octanol–water partition coefficient (Wildman–Crippen LogP) is 5.53. The fraction of sp³-hybridized carbons (Fsp3) is 0.250. The quantitative estimate of drug-likeness (QED) is 0.287. The largest absolute Gasteiger partial charge is 0.351 e. The molecule has 0 aliphatic rings. The van der Waals surface area contributed by atoms with Crippen LogP contribution in [0.25, 0.3) is 28.1 Å². The zero-order chi connectivity index (χ0) is 22.7. The van der Waals surface area contributed by atoms with Gasteiger partial charge in [-0.1, -0.05) is 60.6 Å². The number of hydrogen-bond donors (Lipinski definition) is 1. The van der Waals surface area contributed by atoms with Gasteiger partial charge < -0.3 is 5.32 Å². The van der Waals surface area contributed by atoms with Gasteiger partial charge in [0.25, 0.3) is 0 Å². The zero-order valence-electron chi connectivity index (χ0n) is 18.2. The Morgan fingerprint density at radius 1 is 1.09 bits per heavy atom. The Labute approximate surface area is 196 Å². The molecule has 32 heavy (non-hydrogen) atoms. The van der Waals surface area contributed by atoms with Crippen molar-refractivity contribution in [3.8, 4) is 17.1 Å². The summed E-state index contributed by atoms with van der Waals surface area (Å²) in [6.45, 7) is 6.07. The molecule has 2 aromatic carbocycles. The number of aromatic nitrogens is 4. The van der Waals surface area contributed by atoms with Gasteiger partial charge in [-0.2, -0.15) is 5.10 Å². The van der Waals surface area contributed by atoms with E-state index < -0.39 is 0 Å². The van der Waals surface area contributed by atoms with Crippen LogP contribution in [0.1, 0.15) is 27.2 Å². The lowest BCUT2D eigenvalue weighted by Crippen LogP contribution is -2.43. The molecule has 2 heterocycles. The monoisotopic (exact) mass is 465 g/mol. The first-order valence-electron chi connectivity index (χ1n) is 10.4. The maximum absolute atomic E-state index is 12.5. The summed E-state index contributed by atoms with van der Waals surface area (Å²) in [6, 6.07) is 17.3. The highest BCUT2D eigenvalue weighted by molar-refractivity contribution is 8.00. The van der Waals surface area contributed by atoms with Crippen molar-refractivity contribution >= 4 is 40.3 Å². The van der Waals surface area contributed by atoms with Gasteiger partial charge in [0.05, 0.1) is 28.0 Å². The minimum absolute atomic E-state index is 0.0386. The second-order valence-electron chi connectivity index (χ2n) is 8.04. The van der Waals surface area contributed by atoms with Crippen LogP contribution in [-0.4, -0.2) is 36.9 Å². The second-order valence-corrected chi connectivity index (χ2v) is 9.41. The van der Waals surface area contributed by atoms with Crippen molar-refractivity contribution in [2.24, 2.45) is 0 Å². The van der Waals surface area contributed by atoms with E-state index in [0.717, 1.165) is 23.1 Å². The summed E-state index contributed by atoms with van der Waals surface area (Å²) < 4.78 is 1.78. The van der Waals surface area contributed by atoms with Crippen molar-refractivity contribution in [3.63, 3.8) is 0 Å². The lowest BCUT2D eigenvalue weighted by Gasteiger charge is -2.24. The first-order chi connectivity index (χ1) is 15.4. The van der Waals surface area contributed by atoms with E-state index in [4.69, 9.17) is 21.6 Å². The van der Waals surface area contributed by atoms with E-state index in [-0.39, 0.29) is 17.2 Å². The first kappa shape index (κ1) is 22.3. The van der Waals surface area contributed by atoms with E-state index in [0.29, 0.717) is 21.5 Å². The molecule has 0 atom stereocenters. The topological polar surface area (TPSA) is 72.7 Å². The molecule has 0 bridgehead atoms. The standard InChI is InChI=1S/C24H24ClN5OS/c1-4-24(2,3)29-20(31)15-32-23-18-14-26-30(16-10-6-5-7-11-16)22(18)27-21(28-23)17-12-8-9-13-19(17)25/h5-14H,4,15H2,1-3H3,(H,29,31). The van der Waals surface area contributed by atoms with E-state index in [1.54, 1.807) is 10.9 Å². The molecule has 0 unspecified atom stereocenters. The minimum Gasteiger partial charge on any atom is -0.351 e. The summed E-state index contributed by atoms with van der Waals surface area (Å²) in [5, 5.41) is 9.66. The third kappa shape index (κ3) is 4.79. The van der Waals surface area contributed by atoms with Gasteiger partial charge in [-0.25, -0.2) is 14.6 Å². The van der Waals surface area contributed by atoms with Crippen LogP contribution in [0.15, 0.2) is 65.8 Å². The van der Waals surface area contributed by atoms with E-state index >= 15 is 0 Å². The van der Waals surface area contributed by atoms with Crippen molar-refractivity contribution in [2.75, 3.05) is 5.75 Å². The van der Waals surface area contributed by atoms with Gasteiger partial charge in [0, 0.05) is 11.1 Å². The molecule has 1 amide bonds. The molecule has 2 aromatic heterocycles. The summed E-state index contributed by atoms with van der Waals surface area (Å²) in [4.78, 5) is 22.1. The third-order valence-corrected chi connectivity index (χ3v) is 6.53. The van der Waals surface area contributed by atoms with Crippen molar-refractivity contribution in [2.45, 2.75) is 37.8 Å². The van der Waals surface area contributed by atoms with Crippen LogP contribution in [0, 0.1) is 0 Å². The number of halogens is 1. The number of nitrogens with zero attached hydrogens (tertiary/aromatic N) is 4. The minimum atomic E-state index is -0.250. The van der Waals surface area contributed by atoms with Gasteiger partial charge in [-0.15, -0.1) is 0 Å². The third-order valence-electron chi connectivity index (χ3n) is 5.21. The van der Waals surface area contributed by atoms with E-state index in [1.807, 2.05) is 68.4 Å². The summed E-state index contributed by atoms with van der Waals surface area (Å²) in [6.07, 6.45) is 2.59. The molecule has 0 spiro atoms. The number of para-hydroxylation sites is 1. The Morgan fingerprint density at radius 2 is 1.81 bits per heavy atom. The predicted molar refractivity (Wildman–Crippen MR) is 130 cm³/mol. The highest BCUT2D eigenvalue weighted by Crippen LogP contribution is 2.32. The number of fused-ring (bicyclic) bond motifs is 1. The smallest absolute Gasteiger partial charge is 0.230 e. The van der Waals surface area contributed by atoms with Crippen LogP contribution in [-0.2, 0) is 4.79 Å². The van der Waals surface area contributed by atoms with Crippen molar-refractivity contribution in [1.29, 1.82) is 0 Å². The normalized spacial score (nSPS) is 11.6. The number of carbonyl (C=O) groups is 1. The van der Waals surface area contributed by atoms with Gasteiger partial charge >= 0.3 is 0 Å². The van der Waals surface area contributed by atoms with E-state index in [9.17, 15) is 4.79 Å². The molecular formula is C24H24ClN5OS. The second kappa shape index (κ2) is 9.30. The van der Waals surface area contributed by atoms with Gasteiger partial charge in [-0.05, 0) is 44.5 Å². The van der Waals surface area contributed by atoms with Crippen molar-refractivity contribution in [3.05, 3.63) is 65.8 Å². The molecule has 0 fully saturated rings. The fourth-order valence-corrected chi connectivity index (χ4v) is 4.16. The number of benzene rings is 2. The number of thioether (sulfide) groups is 1. The van der Waals surface area contributed by atoms with Crippen LogP contribution in [0.2, 0.25) is 5.02 Å². The first-order valence-corrected chi connectivity index (χ1v) is 11.7. The maximum atomic E-state index is 12.5. The molecule has 4 aromatic rings. The zero-order valence-corrected chi connectivity index (χ0v) is 19.7. The fourth-order valence-electron chi connectivity index (χ4n) is 3.15. The highest BCUT2D eigenvalue weighted by atomic mass is 35.5. The molecule has 0 aliphatic heterocycles. The molecule has 0 radical (unpaired) electrons. The summed E-state index contributed by atoms with van der Waals surface area (Å²) >= 11 is 7.81. The molecular weight excluding hydrogens is 442 g/mol. The molecule has 0 aliphatic carbocycles. The van der Waals surface area contributed by atoms with Crippen LogP contribution in [0.4, 0.5) is 0 Å². The molecule has 164 valence electrons. The van der Waals surface area contributed by atoms with Gasteiger partial charge in [-0.3, -0.25) is 4.79 Å². The Balaban J connectivity index is 1.76. The summed E-state index contributed by atoms with van der Waals surface area (Å²) in [5.74, 6) is 0.703. The van der Waals surface area contributed by atoms with Crippen LogP contribution < -0.4 is 5.32 Å². The number of amides is 1. The lowest BCUT2D eigenvalue weighted by molar-refractivity contribution is -0.120. The van der Waals surface area contributed by atoms with Crippen molar-refractivity contribution in [1.82, 2.24) is 25.1 Å². The van der Waals surface area contributed by atoms with Crippen LogP contribution >= 0.6 is 23.4 Å². The molecule has 0 saturated carbocycles. The average molecular weight is 466 g/mol. The summed E-state index contributed by atoms with van der Waals surface area (Å²) in [5.41, 5.74) is 2.04. The number of carbonyl (C=O) groups excluding carboxylic acids is 1. The maximum Gasteiger partial charge on any atom is 0.230 e. The average Bonchev–Trinajstić information content (AvgIpc) is 3.22. The number of hydrogen-bond acceptors (Lipinski definition) is 5. The van der Waals surface area contributed by atoms with E-state index in [2.05, 4.69) is 17.3 Å². The molecule has 1 N–H and O–H groups in total. The van der Waals surface area contributed by atoms with E-state index in [1.165, 1.54) is 11.8 Å². The number of rotatable bonds is 7. The van der Waals surface area contributed by atoms with Gasteiger partial charge in [0.2, 0.25) is 5.91 Å². The SMILES string of the molecule is CCC(C)(C)NC(=O)CSc1nc(-c2ccccc2Cl)nc2c1cnn2-c1ccccc1.